The number of nitrogens with zero attached hydrogens (tertiary/aromatic N) is 2. The minimum absolute atomic E-state index is 0. The van der Waals surface area contributed by atoms with Crippen molar-refractivity contribution in [2.24, 2.45) is 0 Å². The van der Waals surface area contributed by atoms with E-state index in [1.54, 1.807) is 6.92 Å². The molecule has 1 aromatic heterocycles. The summed E-state index contributed by atoms with van der Waals surface area (Å²) in [5.41, 5.74) is 4.91. The Morgan fingerprint density at radius 2 is 2.37 bits per heavy atom. The Labute approximate surface area is 136 Å². The molecule has 1 aliphatic rings. The van der Waals surface area contributed by atoms with Crippen molar-refractivity contribution in [2.75, 3.05) is 19.5 Å². The first-order valence-electron chi connectivity index (χ1n) is 5.55. The number of aliphatic hydroxyl groups excluding tert-OH is 1. The van der Waals surface area contributed by atoms with Gasteiger partial charge in [0.15, 0.2) is 0 Å². The molecule has 0 aromatic carbocycles. The smallest absolute Gasteiger partial charge is 0.349 e. The van der Waals surface area contributed by atoms with Gasteiger partial charge in [0.25, 0.3) is 0 Å². The van der Waals surface area contributed by atoms with Gasteiger partial charge in [-0.05, 0) is 12.2 Å². The Morgan fingerprint density at radius 3 is 2.95 bits per heavy atom. The number of rotatable bonds is 3. The number of nitrogens with two attached hydrogens (primary N) is 1. The first-order chi connectivity index (χ1) is 8.54. The van der Waals surface area contributed by atoms with Crippen LogP contribution in [0.1, 0.15) is 13.2 Å². The van der Waals surface area contributed by atoms with Gasteiger partial charge in [0.2, 0.25) is 0 Å². The van der Waals surface area contributed by atoms with Crippen LogP contribution in [0.3, 0.4) is 0 Å². The molecule has 0 bridgehead atoms. The Hall–Kier alpha value is -0.336. The van der Waals surface area contributed by atoms with Crippen LogP contribution in [0.2, 0.25) is 0 Å². The summed E-state index contributed by atoms with van der Waals surface area (Å²) >= 11 is 0. The van der Waals surface area contributed by atoms with Crippen molar-refractivity contribution in [2.45, 2.75) is 25.4 Å². The van der Waals surface area contributed by atoms with Crippen LogP contribution in [0.4, 0.5) is 5.82 Å². The fraction of sp³-hybridized carbons (Fsp3) is 0.545. The summed E-state index contributed by atoms with van der Waals surface area (Å²) < 4.78 is 11.9. The molecule has 1 radical (unpaired) electrons. The second kappa shape index (κ2) is 6.90. The molecule has 1 fully saturated rings. The number of ether oxygens (including phenoxy) is 2. The largest absolute Gasteiger partial charge is 0.422 e. The number of hydrogen-bond donors (Lipinski definition) is 2. The van der Waals surface area contributed by atoms with Crippen molar-refractivity contribution in [3.8, 4) is 0 Å². The quantitative estimate of drug-likeness (QED) is 0.706. The van der Waals surface area contributed by atoms with Gasteiger partial charge in [-0.3, -0.25) is 0 Å². The molecule has 3 atom stereocenters. The van der Waals surface area contributed by atoms with Crippen LogP contribution in [0.15, 0.2) is 17.1 Å². The average Bonchev–Trinajstić information content (AvgIpc) is 2.58. The van der Waals surface area contributed by atoms with Crippen molar-refractivity contribution in [1.82, 2.24) is 9.55 Å². The van der Waals surface area contributed by atoms with E-state index in [1.165, 1.54) is 23.9 Å². The summed E-state index contributed by atoms with van der Waals surface area (Å²) in [7, 11) is 1.52. The van der Waals surface area contributed by atoms with Crippen LogP contribution in [0, 0.1) is 5.92 Å². The van der Waals surface area contributed by atoms with Gasteiger partial charge in [-0.25, -0.2) is 10.7 Å². The fourth-order valence-corrected chi connectivity index (χ4v) is 1.97. The molecule has 103 valence electrons. The molecule has 0 saturated carbocycles. The predicted octanol–water partition coefficient (Wildman–Crippen LogP) is -0.678. The Bertz CT molecular complexity index is 481. The number of aliphatic hydroxyl groups is 1. The zero-order chi connectivity index (χ0) is 13.3. The molecular weight excluding hydrogens is 327 g/mol. The summed E-state index contributed by atoms with van der Waals surface area (Å²) in [4.78, 5) is 15.3. The second-order valence-corrected chi connectivity index (χ2v) is 4.21. The number of nitrogen functional groups attached to an aromatic ring is 1. The summed E-state index contributed by atoms with van der Waals surface area (Å²) in [6.45, 7) is 1.99. The normalized spacial score (nSPS) is 27.2. The SMILES string of the molecule is COC[C@H]1O[C@@H](n2ccc(N)nc2=O)[C-](C)[C@@H]1O.[Y]. The molecule has 3 N–H and O–H groups in total. The van der Waals surface area contributed by atoms with E-state index in [1.807, 2.05) is 0 Å². The zero-order valence-corrected chi connectivity index (χ0v) is 13.7. The second-order valence-electron chi connectivity index (χ2n) is 4.21. The maximum Gasteiger partial charge on any atom is 0.349 e. The van der Waals surface area contributed by atoms with E-state index in [9.17, 15) is 9.90 Å². The maximum absolute atomic E-state index is 11.7. The molecule has 8 heteroatoms. The zero-order valence-electron chi connectivity index (χ0n) is 10.8. The molecule has 0 spiro atoms. The molecule has 1 aliphatic heterocycles. The number of anilines is 1. The molecular formula is C11H16N3O4Y-. The van der Waals surface area contributed by atoms with Crippen molar-refractivity contribution >= 4 is 5.82 Å². The number of aromatic nitrogens is 2. The number of hydrogen-bond acceptors (Lipinski definition) is 6. The van der Waals surface area contributed by atoms with E-state index in [2.05, 4.69) is 4.98 Å². The summed E-state index contributed by atoms with van der Waals surface area (Å²) in [5.74, 6) is 0.798. The van der Waals surface area contributed by atoms with Crippen LogP contribution in [0.5, 0.6) is 0 Å². The molecule has 0 amide bonds. The van der Waals surface area contributed by atoms with E-state index < -0.39 is 24.1 Å². The topological polar surface area (TPSA) is 99.6 Å². The minimum atomic E-state index is -0.764. The molecule has 2 heterocycles. The van der Waals surface area contributed by atoms with Crippen LogP contribution in [-0.4, -0.2) is 40.6 Å². The van der Waals surface area contributed by atoms with Crippen LogP contribution in [-0.2, 0) is 42.2 Å². The summed E-state index contributed by atoms with van der Waals surface area (Å²) in [6.07, 6.45) is -0.384. The van der Waals surface area contributed by atoms with E-state index in [0.717, 1.165) is 0 Å². The average molecular weight is 343 g/mol. The minimum Gasteiger partial charge on any atom is -0.422 e. The standard InChI is InChI=1S/C11H16N3O4.Y/c1-6-9(15)7(5-17-2)18-10(6)14-4-3-8(12)13-11(14)16;/h3-4,7,9-10,15H,5H2,1-2H3,(H2,12,13,16);/q-1;/t7-,9+,10-;/m1./s1. The van der Waals surface area contributed by atoms with Crippen molar-refractivity contribution in [1.29, 1.82) is 0 Å². The maximum atomic E-state index is 11.7. The first-order valence-corrected chi connectivity index (χ1v) is 5.55. The van der Waals surface area contributed by atoms with Gasteiger partial charge in [-0.15, -0.1) is 0 Å². The fourth-order valence-electron chi connectivity index (χ4n) is 1.97. The van der Waals surface area contributed by atoms with Crippen molar-refractivity contribution in [3.63, 3.8) is 0 Å². The summed E-state index contributed by atoms with van der Waals surface area (Å²) in [6, 6.07) is 1.51. The van der Waals surface area contributed by atoms with E-state index in [4.69, 9.17) is 15.2 Å². The molecule has 0 aliphatic carbocycles. The number of methoxy groups -OCH3 is 1. The van der Waals surface area contributed by atoms with Crippen molar-refractivity contribution in [3.05, 3.63) is 28.7 Å². The molecule has 2 rings (SSSR count). The molecule has 19 heavy (non-hydrogen) atoms. The van der Waals surface area contributed by atoms with E-state index >= 15 is 0 Å². The third kappa shape index (κ3) is 3.41. The van der Waals surface area contributed by atoms with Crippen LogP contribution < -0.4 is 11.4 Å². The van der Waals surface area contributed by atoms with Crippen LogP contribution >= 0.6 is 0 Å². The summed E-state index contributed by atoms with van der Waals surface area (Å²) in [5, 5.41) is 9.96. The first kappa shape index (κ1) is 16.7. The van der Waals surface area contributed by atoms with E-state index in [0.29, 0.717) is 5.92 Å². The molecule has 0 unspecified atom stereocenters. The van der Waals surface area contributed by atoms with E-state index in [-0.39, 0.29) is 45.1 Å². The van der Waals surface area contributed by atoms with Crippen molar-refractivity contribution < 1.29 is 47.3 Å². The van der Waals surface area contributed by atoms with Gasteiger partial charge in [0.05, 0.1) is 12.7 Å². The monoisotopic (exact) mass is 343 g/mol. The van der Waals surface area contributed by atoms with Crippen LogP contribution in [0.25, 0.3) is 0 Å². The van der Waals surface area contributed by atoms with Gasteiger partial charge < -0.3 is 24.9 Å². The van der Waals surface area contributed by atoms with Gasteiger partial charge in [0, 0.05) is 52.2 Å². The van der Waals surface area contributed by atoms with Gasteiger partial charge >= 0.3 is 5.69 Å². The Morgan fingerprint density at radius 1 is 1.68 bits per heavy atom. The van der Waals surface area contributed by atoms with Gasteiger partial charge in [-0.2, -0.15) is 11.9 Å². The van der Waals surface area contributed by atoms with Gasteiger partial charge in [0.1, 0.15) is 5.82 Å². The predicted molar refractivity (Wildman–Crippen MR) is 63.6 cm³/mol. The third-order valence-electron chi connectivity index (χ3n) is 2.95. The van der Waals surface area contributed by atoms with Gasteiger partial charge in [-0.1, -0.05) is 0 Å². The Kier molecular flexibility index (Phi) is 6.07. The molecule has 1 aromatic rings. The molecule has 7 nitrogen and oxygen atoms in total. The Balaban J connectivity index is 0.00000180. The molecule has 1 saturated heterocycles. The third-order valence-corrected chi connectivity index (χ3v) is 2.95.